The lowest BCUT2D eigenvalue weighted by Crippen LogP contribution is -2.34. The van der Waals surface area contributed by atoms with Gasteiger partial charge < -0.3 is 9.88 Å². The molecular weight excluding hydrogens is 524 g/mol. The van der Waals surface area contributed by atoms with Crippen LogP contribution in [0, 0.1) is 0 Å². The van der Waals surface area contributed by atoms with Crippen molar-refractivity contribution in [2.45, 2.75) is 25.2 Å². The van der Waals surface area contributed by atoms with Gasteiger partial charge in [0.25, 0.3) is 5.78 Å². The van der Waals surface area contributed by atoms with Gasteiger partial charge in [-0.05, 0) is 37.1 Å². The van der Waals surface area contributed by atoms with Crippen LogP contribution < -0.4 is 4.90 Å². The molecule has 0 amide bonds. The first-order chi connectivity index (χ1) is 19.6. The number of aromatic amines is 1. The standard InChI is InChI=1S/C29H24N8O2S/c38-24(15-25-33-21-7-6-20(14-22(21)34-25)27(39)18-4-2-1-3-5-18)23-16-40-28(35-23)19-9-12-36(13-10-19)26-8-11-30-29-31-17-32-37(26)29/h1-8,11,14,16-17,19H,9-10,12-13,15H2,(H,33,34). The van der Waals surface area contributed by atoms with Crippen LogP contribution >= 0.6 is 11.3 Å². The summed E-state index contributed by atoms with van der Waals surface area (Å²) in [4.78, 5) is 49.1. The number of carbonyl (C=O) groups excluding carboxylic acids is 2. The van der Waals surface area contributed by atoms with Crippen LogP contribution in [0.25, 0.3) is 16.8 Å². The van der Waals surface area contributed by atoms with Crippen molar-refractivity contribution in [1.29, 1.82) is 0 Å². The Hall–Kier alpha value is -4.77. The van der Waals surface area contributed by atoms with Crippen LogP contribution in [0.5, 0.6) is 0 Å². The highest BCUT2D eigenvalue weighted by Gasteiger charge is 2.26. The normalized spacial score (nSPS) is 14.2. The number of fused-ring (bicyclic) bond motifs is 2. The van der Waals surface area contributed by atoms with Gasteiger partial charge in [-0.3, -0.25) is 9.59 Å². The highest BCUT2D eigenvalue weighted by Crippen LogP contribution is 2.32. The second kappa shape index (κ2) is 10.1. The molecule has 1 aliphatic heterocycles. The predicted octanol–water partition coefficient (Wildman–Crippen LogP) is 4.50. The van der Waals surface area contributed by atoms with E-state index in [-0.39, 0.29) is 18.0 Å². The number of thiazole rings is 1. The zero-order valence-electron chi connectivity index (χ0n) is 21.4. The second-order valence-electron chi connectivity index (χ2n) is 9.82. The molecule has 1 N–H and O–H groups in total. The van der Waals surface area contributed by atoms with E-state index in [9.17, 15) is 9.59 Å². The minimum Gasteiger partial charge on any atom is -0.356 e. The van der Waals surface area contributed by atoms with E-state index in [4.69, 9.17) is 4.98 Å². The van der Waals surface area contributed by atoms with Gasteiger partial charge in [-0.2, -0.15) is 14.6 Å². The molecule has 0 unspecified atom stereocenters. The molecule has 1 aliphatic rings. The number of imidazole rings is 1. The topological polar surface area (TPSA) is 122 Å². The van der Waals surface area contributed by atoms with Crippen LogP contribution in [0.4, 0.5) is 5.82 Å². The number of Topliss-reactive ketones (excluding diaryl/α,β-unsaturated/α-hetero) is 1. The molecule has 4 aromatic heterocycles. The number of rotatable bonds is 7. The number of aromatic nitrogens is 7. The molecule has 5 heterocycles. The Labute approximate surface area is 232 Å². The van der Waals surface area contributed by atoms with Gasteiger partial charge in [0.15, 0.2) is 11.6 Å². The maximum absolute atomic E-state index is 13.1. The first-order valence-electron chi connectivity index (χ1n) is 13.1. The highest BCUT2D eigenvalue weighted by atomic mass is 32.1. The Kier molecular flexibility index (Phi) is 6.12. The number of benzene rings is 2. The lowest BCUT2D eigenvalue weighted by Gasteiger charge is -2.32. The molecule has 0 spiro atoms. The van der Waals surface area contributed by atoms with Gasteiger partial charge in [-0.15, -0.1) is 11.3 Å². The third kappa shape index (κ3) is 4.54. The molecule has 2 aromatic carbocycles. The molecule has 1 fully saturated rings. The molecule has 1 saturated heterocycles. The monoisotopic (exact) mass is 548 g/mol. The SMILES string of the molecule is O=C(c1ccccc1)c1ccc2nc(CC(=O)c3csc(C4CCN(c5ccnc6ncnn56)CC4)n3)[nH]c2c1. The molecule has 40 heavy (non-hydrogen) atoms. The summed E-state index contributed by atoms with van der Waals surface area (Å²) in [5, 5.41) is 7.15. The first kappa shape index (κ1) is 24.3. The van der Waals surface area contributed by atoms with Gasteiger partial charge in [0.1, 0.15) is 23.7 Å². The van der Waals surface area contributed by atoms with Crippen molar-refractivity contribution < 1.29 is 9.59 Å². The van der Waals surface area contributed by atoms with Crippen molar-refractivity contribution in [2.75, 3.05) is 18.0 Å². The number of anilines is 1. The van der Waals surface area contributed by atoms with E-state index in [1.54, 1.807) is 46.3 Å². The third-order valence-electron chi connectivity index (χ3n) is 7.29. The van der Waals surface area contributed by atoms with Crippen molar-refractivity contribution in [3.05, 3.63) is 100 Å². The summed E-state index contributed by atoms with van der Waals surface area (Å²) in [6.45, 7) is 1.72. The van der Waals surface area contributed by atoms with Crippen LogP contribution in [-0.4, -0.2) is 59.2 Å². The van der Waals surface area contributed by atoms with E-state index in [1.807, 2.05) is 35.7 Å². The molecular formula is C29H24N8O2S. The number of hydrogen-bond acceptors (Lipinski definition) is 9. The lowest BCUT2D eigenvalue weighted by molar-refractivity contribution is 0.0985. The van der Waals surface area contributed by atoms with E-state index in [0.717, 1.165) is 47.8 Å². The predicted molar refractivity (Wildman–Crippen MR) is 151 cm³/mol. The van der Waals surface area contributed by atoms with Crippen molar-refractivity contribution in [1.82, 2.24) is 34.5 Å². The Balaban J connectivity index is 1.01. The van der Waals surface area contributed by atoms with Crippen LogP contribution in [0.15, 0.2) is 72.5 Å². The fourth-order valence-corrected chi connectivity index (χ4v) is 6.21. The largest absolute Gasteiger partial charge is 0.356 e. The maximum atomic E-state index is 13.1. The molecule has 0 atom stereocenters. The van der Waals surface area contributed by atoms with E-state index in [2.05, 4.69) is 29.9 Å². The zero-order chi connectivity index (χ0) is 27.1. The third-order valence-corrected chi connectivity index (χ3v) is 8.30. The molecule has 0 saturated carbocycles. The Morgan fingerprint density at radius 2 is 1.82 bits per heavy atom. The van der Waals surface area contributed by atoms with Crippen LogP contribution in [0.3, 0.4) is 0 Å². The number of hydrogen-bond donors (Lipinski definition) is 1. The van der Waals surface area contributed by atoms with Crippen molar-refractivity contribution >= 4 is 45.5 Å². The molecule has 7 rings (SSSR count). The second-order valence-corrected chi connectivity index (χ2v) is 10.7. The average molecular weight is 549 g/mol. The first-order valence-corrected chi connectivity index (χ1v) is 14.0. The summed E-state index contributed by atoms with van der Waals surface area (Å²) in [6.07, 6.45) is 5.27. The van der Waals surface area contributed by atoms with Crippen molar-refractivity contribution in [3.63, 3.8) is 0 Å². The van der Waals surface area contributed by atoms with Crippen LogP contribution in [0.2, 0.25) is 0 Å². The maximum Gasteiger partial charge on any atom is 0.254 e. The summed E-state index contributed by atoms with van der Waals surface area (Å²) < 4.78 is 1.76. The van der Waals surface area contributed by atoms with Gasteiger partial charge in [0.2, 0.25) is 0 Å². The van der Waals surface area contributed by atoms with Gasteiger partial charge in [-0.25, -0.2) is 15.0 Å². The van der Waals surface area contributed by atoms with E-state index >= 15 is 0 Å². The number of piperidine rings is 1. The smallest absolute Gasteiger partial charge is 0.254 e. The quantitative estimate of drug-likeness (QED) is 0.290. The molecule has 0 radical (unpaired) electrons. The van der Waals surface area contributed by atoms with Crippen molar-refractivity contribution in [3.8, 4) is 0 Å². The number of nitrogens with one attached hydrogen (secondary N) is 1. The summed E-state index contributed by atoms with van der Waals surface area (Å²) in [7, 11) is 0. The summed E-state index contributed by atoms with van der Waals surface area (Å²) in [5.41, 5.74) is 3.13. The zero-order valence-corrected chi connectivity index (χ0v) is 22.2. The average Bonchev–Trinajstić information content (AvgIpc) is 3.76. The van der Waals surface area contributed by atoms with E-state index < -0.39 is 0 Å². The van der Waals surface area contributed by atoms with E-state index in [0.29, 0.717) is 34.3 Å². The summed E-state index contributed by atoms with van der Waals surface area (Å²) in [5.74, 6) is 2.31. The lowest BCUT2D eigenvalue weighted by atomic mass is 9.97. The number of H-pyrrole nitrogens is 1. The van der Waals surface area contributed by atoms with Gasteiger partial charge in [0.05, 0.1) is 22.5 Å². The summed E-state index contributed by atoms with van der Waals surface area (Å²) >= 11 is 1.55. The number of carbonyl (C=O) groups is 2. The van der Waals surface area contributed by atoms with E-state index in [1.165, 1.54) is 6.33 Å². The highest BCUT2D eigenvalue weighted by molar-refractivity contribution is 7.09. The molecule has 0 bridgehead atoms. The molecule has 198 valence electrons. The Morgan fingerprint density at radius 1 is 0.975 bits per heavy atom. The minimum atomic E-state index is -0.0788. The van der Waals surface area contributed by atoms with Crippen LogP contribution in [-0.2, 0) is 6.42 Å². The van der Waals surface area contributed by atoms with Crippen molar-refractivity contribution in [2.24, 2.45) is 0 Å². The number of nitrogens with zero attached hydrogens (tertiary/aromatic N) is 7. The Bertz CT molecular complexity index is 1850. The summed E-state index contributed by atoms with van der Waals surface area (Å²) in [6, 6.07) is 16.5. The van der Waals surface area contributed by atoms with Gasteiger partial charge >= 0.3 is 0 Å². The van der Waals surface area contributed by atoms with Crippen LogP contribution in [0.1, 0.15) is 56.0 Å². The molecule has 10 nitrogen and oxygen atoms in total. The Morgan fingerprint density at radius 3 is 2.67 bits per heavy atom. The molecule has 6 aromatic rings. The molecule has 11 heteroatoms. The van der Waals surface area contributed by atoms with Gasteiger partial charge in [-0.1, -0.05) is 30.3 Å². The fraction of sp³-hybridized carbons (Fsp3) is 0.207. The minimum absolute atomic E-state index is 0.0528. The fourth-order valence-electron chi connectivity index (χ4n) is 5.21. The number of ketones is 2. The van der Waals surface area contributed by atoms with Gasteiger partial charge in [0, 0.05) is 41.7 Å². The molecule has 0 aliphatic carbocycles.